The van der Waals surface area contributed by atoms with Crippen LogP contribution in [0.5, 0.6) is 0 Å². The first-order chi connectivity index (χ1) is 14.7. The third-order valence-corrected chi connectivity index (χ3v) is 7.95. The molecule has 0 saturated carbocycles. The summed E-state index contributed by atoms with van der Waals surface area (Å²) in [5.41, 5.74) is 3.66. The highest BCUT2D eigenvalue weighted by atomic mass is 32.2. The summed E-state index contributed by atoms with van der Waals surface area (Å²) in [4.78, 5) is 14.8. The number of aliphatic imine (C=N–C) groups is 1. The summed E-state index contributed by atoms with van der Waals surface area (Å²) in [6.45, 7) is 4.40. The van der Waals surface area contributed by atoms with E-state index >= 15 is 0 Å². The van der Waals surface area contributed by atoms with Crippen LogP contribution < -0.4 is 0 Å². The minimum Gasteiger partial charge on any atom is -0.338 e. The standard InChI is InChI=1S/C25H25N3S2/c1-3-19-16-29-25-27-23(22-6-4-5-15-26-22)24(28(19)25)18-9-13-21(14-10-18)30-20-11-7-17(2)8-12-20/h4-15,19,23-24H,3,16H2,1-2H3/t19-,23+,24-/m1/s1. The lowest BCUT2D eigenvalue weighted by Crippen LogP contribution is -2.35. The second kappa shape index (κ2) is 8.48. The molecular formula is C25H25N3S2. The first-order valence-corrected chi connectivity index (χ1v) is 12.3. The van der Waals surface area contributed by atoms with Crippen molar-refractivity contribution in [3.8, 4) is 0 Å². The second-order valence-electron chi connectivity index (χ2n) is 7.82. The number of thioether (sulfide) groups is 1. The molecule has 0 N–H and O–H groups in total. The maximum absolute atomic E-state index is 5.11. The van der Waals surface area contributed by atoms with Crippen LogP contribution in [0.25, 0.3) is 0 Å². The van der Waals surface area contributed by atoms with Crippen LogP contribution in [0, 0.1) is 6.92 Å². The van der Waals surface area contributed by atoms with Crippen LogP contribution in [0.15, 0.2) is 87.7 Å². The van der Waals surface area contributed by atoms with Gasteiger partial charge in [0.05, 0.1) is 11.7 Å². The number of nitrogens with zero attached hydrogens (tertiary/aromatic N) is 3. The fourth-order valence-electron chi connectivity index (χ4n) is 4.19. The Morgan fingerprint density at radius 2 is 1.73 bits per heavy atom. The Bertz CT molecular complexity index is 1030. The number of rotatable bonds is 5. The Labute approximate surface area is 187 Å². The number of hydrogen-bond acceptors (Lipinski definition) is 5. The largest absolute Gasteiger partial charge is 0.338 e. The van der Waals surface area contributed by atoms with E-state index in [1.54, 1.807) is 0 Å². The summed E-state index contributed by atoms with van der Waals surface area (Å²) >= 11 is 3.70. The van der Waals surface area contributed by atoms with E-state index in [9.17, 15) is 0 Å². The highest BCUT2D eigenvalue weighted by Gasteiger charge is 2.45. The van der Waals surface area contributed by atoms with Gasteiger partial charge in [0.1, 0.15) is 6.04 Å². The lowest BCUT2D eigenvalue weighted by atomic mass is 9.95. The van der Waals surface area contributed by atoms with Gasteiger partial charge in [0.25, 0.3) is 0 Å². The van der Waals surface area contributed by atoms with Crippen molar-refractivity contribution in [3.05, 3.63) is 89.7 Å². The van der Waals surface area contributed by atoms with Crippen LogP contribution in [0.3, 0.4) is 0 Å². The van der Waals surface area contributed by atoms with Gasteiger partial charge < -0.3 is 4.90 Å². The predicted molar refractivity (Wildman–Crippen MR) is 127 cm³/mol. The molecule has 3 atom stereocenters. The van der Waals surface area contributed by atoms with Crippen molar-refractivity contribution in [3.63, 3.8) is 0 Å². The van der Waals surface area contributed by atoms with E-state index in [2.05, 4.69) is 84.4 Å². The average Bonchev–Trinajstić information content (AvgIpc) is 3.36. The van der Waals surface area contributed by atoms with Crippen molar-refractivity contribution in [2.24, 2.45) is 4.99 Å². The van der Waals surface area contributed by atoms with Gasteiger partial charge in [-0.1, -0.05) is 66.3 Å². The van der Waals surface area contributed by atoms with Gasteiger partial charge >= 0.3 is 0 Å². The Morgan fingerprint density at radius 1 is 1.00 bits per heavy atom. The van der Waals surface area contributed by atoms with Gasteiger partial charge in [0, 0.05) is 27.8 Å². The first kappa shape index (κ1) is 19.7. The number of amidine groups is 1. The zero-order valence-corrected chi connectivity index (χ0v) is 18.9. The zero-order valence-electron chi connectivity index (χ0n) is 17.2. The highest BCUT2D eigenvalue weighted by molar-refractivity contribution is 8.14. The summed E-state index contributed by atoms with van der Waals surface area (Å²) < 4.78 is 0. The van der Waals surface area contributed by atoms with Crippen LogP contribution in [0.4, 0.5) is 0 Å². The number of pyridine rings is 1. The molecule has 5 heteroatoms. The predicted octanol–water partition coefficient (Wildman–Crippen LogP) is 6.52. The molecule has 30 heavy (non-hydrogen) atoms. The summed E-state index contributed by atoms with van der Waals surface area (Å²) in [7, 11) is 0. The lowest BCUT2D eigenvalue weighted by molar-refractivity contribution is 0.255. The smallest absolute Gasteiger partial charge is 0.160 e. The van der Waals surface area contributed by atoms with Crippen LogP contribution in [0.1, 0.15) is 42.2 Å². The average molecular weight is 432 g/mol. The van der Waals surface area contributed by atoms with Crippen molar-refractivity contribution in [1.82, 2.24) is 9.88 Å². The van der Waals surface area contributed by atoms with Crippen LogP contribution >= 0.6 is 23.5 Å². The number of fused-ring (bicyclic) bond motifs is 1. The van der Waals surface area contributed by atoms with E-state index in [-0.39, 0.29) is 12.1 Å². The Balaban J connectivity index is 1.44. The molecule has 5 rings (SSSR count). The van der Waals surface area contributed by atoms with Gasteiger partial charge in [-0.25, -0.2) is 0 Å². The first-order valence-electron chi connectivity index (χ1n) is 10.5. The van der Waals surface area contributed by atoms with Crippen molar-refractivity contribution >= 4 is 28.7 Å². The summed E-state index contributed by atoms with van der Waals surface area (Å²) in [6, 6.07) is 24.7. The second-order valence-corrected chi connectivity index (χ2v) is 9.95. The Kier molecular flexibility index (Phi) is 5.57. The molecule has 0 spiro atoms. The number of benzene rings is 2. The molecule has 2 aromatic carbocycles. The minimum absolute atomic E-state index is 0.0543. The minimum atomic E-state index is 0.0543. The van der Waals surface area contributed by atoms with Crippen LogP contribution in [-0.2, 0) is 0 Å². The fourth-order valence-corrected chi connectivity index (χ4v) is 6.34. The molecule has 1 fully saturated rings. The third kappa shape index (κ3) is 3.77. The molecule has 0 aliphatic carbocycles. The van der Waals surface area contributed by atoms with E-state index in [4.69, 9.17) is 4.99 Å². The van der Waals surface area contributed by atoms with Gasteiger partial charge in [-0.2, -0.15) is 0 Å². The van der Waals surface area contributed by atoms with Crippen LogP contribution in [-0.4, -0.2) is 26.8 Å². The van der Waals surface area contributed by atoms with E-state index in [1.165, 1.54) is 26.1 Å². The summed E-state index contributed by atoms with van der Waals surface area (Å²) in [5.74, 6) is 1.13. The summed E-state index contributed by atoms with van der Waals surface area (Å²) in [6.07, 6.45) is 3.01. The molecule has 3 nitrogen and oxygen atoms in total. The topological polar surface area (TPSA) is 28.5 Å². The van der Waals surface area contributed by atoms with Crippen molar-refractivity contribution in [2.45, 2.75) is 48.2 Å². The quantitative estimate of drug-likeness (QED) is 0.460. The van der Waals surface area contributed by atoms with Gasteiger partial charge in [-0.05, 0) is 55.3 Å². The molecule has 3 heterocycles. The van der Waals surface area contributed by atoms with E-state index in [0.29, 0.717) is 6.04 Å². The normalized spacial score (nSPS) is 22.8. The van der Waals surface area contributed by atoms with Crippen molar-refractivity contribution in [1.29, 1.82) is 0 Å². The molecule has 0 bridgehead atoms. The molecule has 152 valence electrons. The third-order valence-electron chi connectivity index (χ3n) is 5.81. The maximum Gasteiger partial charge on any atom is 0.160 e. The van der Waals surface area contributed by atoms with Gasteiger partial charge in [-0.3, -0.25) is 9.98 Å². The molecule has 2 aliphatic heterocycles. The molecule has 1 aromatic heterocycles. The lowest BCUT2D eigenvalue weighted by Gasteiger charge is -2.32. The monoisotopic (exact) mass is 431 g/mol. The SMILES string of the molecule is CC[C@@H]1CSC2=N[C@@H](c3ccccn3)[C@@H](c3ccc(Sc4ccc(C)cc4)cc3)N21. The molecular weight excluding hydrogens is 406 g/mol. The number of hydrogen-bond donors (Lipinski definition) is 0. The molecule has 2 aliphatic rings. The van der Waals surface area contributed by atoms with Gasteiger partial charge in [0.15, 0.2) is 5.17 Å². The van der Waals surface area contributed by atoms with E-state index in [0.717, 1.165) is 17.9 Å². The number of aromatic nitrogens is 1. The molecule has 0 amide bonds. The van der Waals surface area contributed by atoms with E-state index < -0.39 is 0 Å². The van der Waals surface area contributed by atoms with E-state index in [1.807, 2.05) is 35.8 Å². The van der Waals surface area contributed by atoms with Gasteiger partial charge in [-0.15, -0.1) is 0 Å². The highest BCUT2D eigenvalue weighted by Crippen LogP contribution is 2.48. The van der Waals surface area contributed by atoms with Gasteiger partial charge in [0.2, 0.25) is 0 Å². The summed E-state index contributed by atoms with van der Waals surface area (Å²) in [5, 5.41) is 1.18. The zero-order chi connectivity index (χ0) is 20.5. The molecule has 0 radical (unpaired) electrons. The van der Waals surface area contributed by atoms with Crippen LogP contribution in [0.2, 0.25) is 0 Å². The Hall–Kier alpha value is -2.24. The van der Waals surface area contributed by atoms with Crippen molar-refractivity contribution < 1.29 is 0 Å². The Morgan fingerprint density at radius 3 is 2.40 bits per heavy atom. The van der Waals surface area contributed by atoms with Crippen molar-refractivity contribution in [2.75, 3.05) is 5.75 Å². The molecule has 1 saturated heterocycles. The maximum atomic E-state index is 5.11. The molecule has 3 aromatic rings. The molecule has 0 unspecified atom stereocenters. The number of aryl methyl sites for hydroxylation is 1. The fraction of sp³-hybridized carbons (Fsp3) is 0.280.